The van der Waals surface area contributed by atoms with E-state index in [1.807, 2.05) is 23.5 Å². The second kappa shape index (κ2) is 14.0. The van der Waals surface area contributed by atoms with Crippen molar-refractivity contribution in [3.05, 3.63) is 0 Å². The molecule has 0 aromatic rings. The lowest BCUT2D eigenvalue weighted by Crippen LogP contribution is -2.67. The molecule has 0 radical (unpaired) electrons. The van der Waals surface area contributed by atoms with Crippen LogP contribution in [0.25, 0.3) is 0 Å². The van der Waals surface area contributed by atoms with E-state index in [1.54, 1.807) is 0 Å². The number of thioether (sulfide) groups is 3. The van der Waals surface area contributed by atoms with Gasteiger partial charge >= 0.3 is 25.7 Å². The quantitative estimate of drug-likeness (QED) is 0.147. The molecule has 1 rings (SSSR count). The summed E-state index contributed by atoms with van der Waals surface area (Å²) in [5.41, 5.74) is 11.2. The highest BCUT2D eigenvalue weighted by atomic mass is 32.2. The van der Waals surface area contributed by atoms with E-state index in [1.165, 1.54) is 11.8 Å². The summed E-state index contributed by atoms with van der Waals surface area (Å²) in [4.78, 5) is 0. The molecule has 1 aliphatic rings. The molecule has 0 bridgehead atoms. The molecule has 8 nitrogen and oxygen atoms in total. The molecule has 0 aromatic heterocycles. The zero-order valence-corrected chi connectivity index (χ0v) is 24.5. The molecule has 1 heterocycles. The topological polar surface area (TPSA) is 134 Å². The third-order valence-corrected chi connectivity index (χ3v) is 23.3. The normalized spacial score (nSPS) is 29.9. The van der Waals surface area contributed by atoms with E-state index in [2.05, 4.69) is 19.6 Å². The lowest BCUT2D eigenvalue weighted by atomic mass is 10.8. The monoisotopic (exact) mass is 554 g/mol. The first kappa shape index (κ1) is 29.4. The summed E-state index contributed by atoms with van der Waals surface area (Å²) in [7, 11) is -11.1. The van der Waals surface area contributed by atoms with Gasteiger partial charge in [0.25, 0.3) is 10.1 Å². The van der Waals surface area contributed by atoms with Crippen LogP contribution in [-0.4, -0.2) is 92.0 Å². The molecule has 0 spiro atoms. The van der Waals surface area contributed by atoms with Crippen molar-refractivity contribution in [1.29, 1.82) is 0 Å². The molecule has 1 aliphatic heterocycles. The van der Waals surface area contributed by atoms with Crippen molar-refractivity contribution in [3.63, 3.8) is 0 Å². The van der Waals surface area contributed by atoms with Gasteiger partial charge in [-0.05, 0) is 55.0 Å². The van der Waals surface area contributed by atoms with Crippen LogP contribution in [0.1, 0.15) is 0 Å². The van der Waals surface area contributed by atoms with E-state index in [9.17, 15) is 8.42 Å². The fourth-order valence-electron chi connectivity index (χ4n) is 3.15. The van der Waals surface area contributed by atoms with E-state index in [4.69, 9.17) is 28.4 Å². The van der Waals surface area contributed by atoms with Crippen molar-refractivity contribution in [3.8, 4) is 0 Å². The first-order valence-electron chi connectivity index (χ1n) is 10.1. The zero-order valence-electron chi connectivity index (χ0n) is 18.3. The van der Waals surface area contributed by atoms with Gasteiger partial charge in [0.15, 0.2) is 0 Å². The zero-order chi connectivity index (χ0) is 22.7. The molecule has 2 unspecified atom stereocenters. The van der Waals surface area contributed by atoms with Crippen molar-refractivity contribution < 1.29 is 25.3 Å². The van der Waals surface area contributed by atoms with Crippen molar-refractivity contribution in [2.75, 3.05) is 53.4 Å². The molecule has 2 atom stereocenters. The number of hydrogen-bond donors (Lipinski definition) is 3. The summed E-state index contributed by atoms with van der Waals surface area (Å²) in [5, 5.41) is 0. The van der Waals surface area contributed by atoms with Crippen LogP contribution in [0.4, 0.5) is 0 Å². The molecule has 1 saturated heterocycles. The second-order valence-corrected chi connectivity index (χ2v) is 23.7. The maximum absolute atomic E-state index is 10.9. The van der Waals surface area contributed by atoms with Gasteiger partial charge in [0.05, 0.1) is 5.75 Å². The minimum Gasteiger partial charge on any atom is -0.416 e. The molecule has 5 N–H and O–H groups in total. The Balaban J connectivity index is 2.73. The maximum atomic E-state index is 10.9. The Morgan fingerprint density at radius 3 is 1.33 bits per heavy atom. The van der Waals surface area contributed by atoms with E-state index < -0.39 is 35.8 Å². The Labute approximate surface area is 198 Å². The molecule has 0 saturated carbocycles. The number of nitrogens with two attached hydrogens (primary N) is 2. The average Bonchev–Trinajstić information content (AvgIpc) is 2.60. The lowest BCUT2D eigenvalue weighted by molar-refractivity contribution is 0.225. The van der Waals surface area contributed by atoms with Gasteiger partial charge in [-0.1, -0.05) is 0 Å². The standard InChI is InChI=1S/C15H38N2O6S4Si3/c1-28(13-9-24-6-4-16)21-29(2,14-10-25-7-5-17)23-30(3,22-28)15-11-26-8-12-27(18,19)20/h4-17H2,1-3H3,(H,18,19,20). The summed E-state index contributed by atoms with van der Waals surface area (Å²) < 4.78 is 50.6. The summed E-state index contributed by atoms with van der Waals surface area (Å²) in [6.45, 7) is 7.79. The van der Waals surface area contributed by atoms with Gasteiger partial charge in [-0.25, -0.2) is 0 Å². The van der Waals surface area contributed by atoms with Crippen LogP contribution >= 0.6 is 35.3 Å². The summed E-state index contributed by atoms with van der Waals surface area (Å²) in [6.07, 6.45) is 0. The highest BCUT2D eigenvalue weighted by molar-refractivity contribution is 8.00. The van der Waals surface area contributed by atoms with E-state index >= 15 is 0 Å². The fourth-order valence-corrected chi connectivity index (χ4v) is 26.6. The first-order chi connectivity index (χ1) is 13.9. The van der Waals surface area contributed by atoms with Crippen LogP contribution in [-0.2, 0) is 22.5 Å². The summed E-state index contributed by atoms with van der Waals surface area (Å²) in [6, 6.07) is 2.61. The fraction of sp³-hybridized carbons (Fsp3) is 1.00. The maximum Gasteiger partial charge on any atom is 0.318 e. The minimum absolute atomic E-state index is 0.226. The first-order valence-corrected chi connectivity index (χ1v) is 22.8. The van der Waals surface area contributed by atoms with Gasteiger partial charge in [0, 0.05) is 30.3 Å². The molecule has 15 heteroatoms. The molecule has 0 aliphatic carbocycles. The van der Waals surface area contributed by atoms with Gasteiger partial charge in [-0.3, -0.25) is 4.55 Å². The van der Waals surface area contributed by atoms with Crippen LogP contribution in [0.5, 0.6) is 0 Å². The van der Waals surface area contributed by atoms with Crippen molar-refractivity contribution in [2.24, 2.45) is 11.5 Å². The molecular weight excluding hydrogens is 517 g/mol. The smallest absolute Gasteiger partial charge is 0.318 e. The Morgan fingerprint density at radius 1 is 0.700 bits per heavy atom. The highest BCUT2D eigenvalue weighted by Gasteiger charge is 2.55. The van der Waals surface area contributed by atoms with Crippen molar-refractivity contribution in [2.45, 2.75) is 37.8 Å². The van der Waals surface area contributed by atoms with Crippen molar-refractivity contribution >= 4 is 71.1 Å². The van der Waals surface area contributed by atoms with Gasteiger partial charge in [-0.15, -0.1) is 0 Å². The Kier molecular flexibility index (Phi) is 13.7. The van der Waals surface area contributed by atoms with Gasteiger partial charge in [-0.2, -0.15) is 43.7 Å². The van der Waals surface area contributed by atoms with E-state index in [-0.39, 0.29) is 5.75 Å². The molecule has 1 fully saturated rings. The molecule has 180 valence electrons. The van der Waals surface area contributed by atoms with Crippen LogP contribution < -0.4 is 11.5 Å². The van der Waals surface area contributed by atoms with Crippen LogP contribution in [0.2, 0.25) is 37.8 Å². The third-order valence-electron chi connectivity index (χ3n) is 4.41. The third kappa shape index (κ3) is 12.6. The van der Waals surface area contributed by atoms with Gasteiger partial charge < -0.3 is 23.8 Å². The average molecular weight is 555 g/mol. The predicted molar refractivity (Wildman–Crippen MR) is 139 cm³/mol. The van der Waals surface area contributed by atoms with Crippen molar-refractivity contribution in [1.82, 2.24) is 0 Å². The van der Waals surface area contributed by atoms with E-state index in [0.29, 0.717) is 18.8 Å². The summed E-state index contributed by atoms with van der Waals surface area (Å²) in [5.74, 6) is 4.71. The van der Waals surface area contributed by atoms with Gasteiger partial charge in [0.1, 0.15) is 0 Å². The molecular formula is C15H38N2O6S4Si3. The highest BCUT2D eigenvalue weighted by Crippen LogP contribution is 2.38. The van der Waals surface area contributed by atoms with Gasteiger partial charge in [0.2, 0.25) is 0 Å². The molecule has 0 aromatic carbocycles. The predicted octanol–water partition coefficient (Wildman–Crippen LogP) is 2.27. The Morgan fingerprint density at radius 2 is 1.03 bits per heavy atom. The van der Waals surface area contributed by atoms with Crippen LogP contribution in [0.3, 0.4) is 0 Å². The van der Waals surface area contributed by atoms with Crippen LogP contribution in [0.15, 0.2) is 0 Å². The van der Waals surface area contributed by atoms with Crippen LogP contribution in [0, 0.1) is 0 Å². The largest absolute Gasteiger partial charge is 0.416 e. The van der Waals surface area contributed by atoms with E-state index in [0.717, 1.165) is 46.9 Å². The minimum atomic E-state index is -3.91. The SMILES string of the molecule is C[Si]1(CCSCCN)O[Si](C)(CCSCCN)O[Si](C)(CCSCCS(=O)(=O)O)O1. The number of hydrogen-bond acceptors (Lipinski definition) is 10. The Hall–Kier alpha value is 1.41. The summed E-state index contributed by atoms with van der Waals surface area (Å²) >= 11 is 5.18. The number of rotatable bonds is 16. The second-order valence-electron chi connectivity index (χ2n) is 7.66. The Bertz CT molecular complexity index is 583. The molecule has 0 amide bonds. The lowest BCUT2D eigenvalue weighted by Gasteiger charge is -2.50. The molecule has 30 heavy (non-hydrogen) atoms.